The molecule has 6 heteroatoms. The number of nitrogens with one attached hydrogen (secondary N) is 2. The summed E-state index contributed by atoms with van der Waals surface area (Å²) in [5.74, 6) is 0.0316. The van der Waals surface area contributed by atoms with Crippen molar-refractivity contribution in [2.75, 3.05) is 5.32 Å². The molecular formula is C18H23N3O3. The minimum Gasteiger partial charge on any atom is -0.449 e. The molecule has 0 radical (unpaired) electrons. The molecule has 0 spiro atoms. The van der Waals surface area contributed by atoms with Crippen molar-refractivity contribution in [2.24, 2.45) is 0 Å². The number of urea groups is 1. The maximum absolute atomic E-state index is 12.9. The summed E-state index contributed by atoms with van der Waals surface area (Å²) < 4.78 is 5.07. The number of nitrogens with zero attached hydrogens (tertiary/aromatic N) is 1. The number of anilines is 1. The van der Waals surface area contributed by atoms with Crippen molar-refractivity contribution < 1.29 is 14.0 Å². The second-order valence-corrected chi connectivity index (χ2v) is 6.73. The topological polar surface area (TPSA) is 74.6 Å². The van der Waals surface area contributed by atoms with Crippen LogP contribution in [-0.2, 0) is 0 Å². The van der Waals surface area contributed by atoms with Gasteiger partial charge in [-0.15, -0.1) is 0 Å². The van der Waals surface area contributed by atoms with Crippen LogP contribution in [-0.4, -0.2) is 22.5 Å². The Morgan fingerprint density at radius 3 is 2.21 bits per heavy atom. The van der Waals surface area contributed by atoms with Crippen molar-refractivity contribution in [3.63, 3.8) is 0 Å². The molecule has 24 heavy (non-hydrogen) atoms. The third kappa shape index (κ3) is 4.38. The molecule has 1 aromatic heterocycles. The van der Waals surface area contributed by atoms with E-state index < -0.39 is 11.6 Å². The van der Waals surface area contributed by atoms with Gasteiger partial charge in [-0.2, -0.15) is 0 Å². The van der Waals surface area contributed by atoms with Crippen LogP contribution in [0.3, 0.4) is 0 Å². The van der Waals surface area contributed by atoms with Crippen LogP contribution in [0.2, 0.25) is 0 Å². The lowest BCUT2D eigenvalue weighted by atomic mass is 10.0. The predicted octanol–water partition coefficient (Wildman–Crippen LogP) is 3.87. The van der Waals surface area contributed by atoms with Gasteiger partial charge in [0.05, 0.1) is 11.8 Å². The quantitative estimate of drug-likeness (QED) is 0.821. The van der Waals surface area contributed by atoms with Crippen LogP contribution < -0.4 is 10.7 Å². The first-order valence-corrected chi connectivity index (χ1v) is 7.71. The summed E-state index contributed by atoms with van der Waals surface area (Å²) in [6, 6.07) is 8.35. The van der Waals surface area contributed by atoms with Crippen molar-refractivity contribution in [1.82, 2.24) is 10.4 Å². The molecule has 0 unspecified atom stereocenters. The Balaban J connectivity index is 2.21. The van der Waals surface area contributed by atoms with E-state index in [0.717, 1.165) is 11.1 Å². The number of aryl methyl sites for hydroxylation is 2. The summed E-state index contributed by atoms with van der Waals surface area (Å²) in [5, 5.41) is 3.86. The number of benzene rings is 1. The molecule has 0 aliphatic carbocycles. The molecule has 0 aliphatic rings. The highest BCUT2D eigenvalue weighted by Crippen LogP contribution is 2.17. The molecule has 2 aromatic rings. The van der Waals surface area contributed by atoms with E-state index in [1.54, 1.807) is 24.3 Å². The van der Waals surface area contributed by atoms with E-state index in [9.17, 15) is 9.59 Å². The van der Waals surface area contributed by atoms with Crippen LogP contribution in [0.15, 0.2) is 41.0 Å². The van der Waals surface area contributed by atoms with Crippen LogP contribution in [0, 0.1) is 13.8 Å². The van der Waals surface area contributed by atoms with Gasteiger partial charge >= 0.3 is 6.03 Å². The lowest BCUT2D eigenvalue weighted by Crippen LogP contribution is -2.56. The molecule has 128 valence electrons. The molecule has 0 saturated heterocycles. The summed E-state index contributed by atoms with van der Waals surface area (Å²) >= 11 is 0. The van der Waals surface area contributed by atoms with Crippen molar-refractivity contribution in [3.05, 3.63) is 53.3 Å². The third-order valence-electron chi connectivity index (χ3n) is 3.31. The summed E-state index contributed by atoms with van der Waals surface area (Å²) in [6.07, 6.45) is 1.46. The Bertz CT molecular complexity index is 710. The van der Waals surface area contributed by atoms with Gasteiger partial charge in [-0.05, 0) is 52.8 Å². The minimum absolute atomic E-state index is 0.274. The Kier molecular flexibility index (Phi) is 4.97. The Morgan fingerprint density at radius 1 is 1.08 bits per heavy atom. The zero-order valence-electron chi connectivity index (χ0n) is 14.6. The Morgan fingerprint density at radius 2 is 1.71 bits per heavy atom. The summed E-state index contributed by atoms with van der Waals surface area (Å²) in [6.45, 7) is 9.41. The van der Waals surface area contributed by atoms with Crippen molar-refractivity contribution in [1.29, 1.82) is 0 Å². The van der Waals surface area contributed by atoms with Gasteiger partial charge in [0.15, 0.2) is 0 Å². The lowest BCUT2D eigenvalue weighted by Gasteiger charge is -2.35. The smallest absolute Gasteiger partial charge is 0.340 e. The van der Waals surface area contributed by atoms with E-state index in [1.165, 1.54) is 11.3 Å². The SMILES string of the molecule is Cc1cc(C)cc(C(=O)N(NC(=O)Nc2ccco2)C(C)(C)C)c1. The number of hydrogen-bond acceptors (Lipinski definition) is 3. The van der Waals surface area contributed by atoms with E-state index in [0.29, 0.717) is 11.4 Å². The van der Waals surface area contributed by atoms with Gasteiger partial charge in [0.2, 0.25) is 5.88 Å². The fourth-order valence-electron chi connectivity index (χ4n) is 2.34. The summed E-state index contributed by atoms with van der Waals surface area (Å²) in [7, 11) is 0. The Labute approximate surface area is 141 Å². The van der Waals surface area contributed by atoms with E-state index in [-0.39, 0.29) is 5.91 Å². The van der Waals surface area contributed by atoms with Gasteiger partial charge in [0, 0.05) is 11.6 Å². The molecule has 1 aromatic carbocycles. The molecule has 0 aliphatic heterocycles. The van der Waals surface area contributed by atoms with Crippen LogP contribution >= 0.6 is 0 Å². The first-order valence-electron chi connectivity index (χ1n) is 7.71. The first kappa shape index (κ1) is 17.6. The first-order chi connectivity index (χ1) is 11.2. The van der Waals surface area contributed by atoms with Crippen LogP contribution in [0.1, 0.15) is 42.3 Å². The van der Waals surface area contributed by atoms with Crippen LogP contribution in [0.25, 0.3) is 0 Å². The fourth-order valence-corrected chi connectivity index (χ4v) is 2.34. The highest BCUT2D eigenvalue weighted by molar-refractivity contribution is 5.97. The van der Waals surface area contributed by atoms with E-state index in [1.807, 2.05) is 40.7 Å². The van der Waals surface area contributed by atoms with Gasteiger partial charge in [0.25, 0.3) is 5.91 Å². The second-order valence-electron chi connectivity index (χ2n) is 6.73. The molecule has 6 nitrogen and oxygen atoms in total. The second kappa shape index (κ2) is 6.78. The van der Waals surface area contributed by atoms with Crippen LogP contribution in [0.4, 0.5) is 10.7 Å². The molecule has 0 bridgehead atoms. The van der Waals surface area contributed by atoms with Gasteiger partial charge < -0.3 is 4.42 Å². The standard InChI is InChI=1S/C18H23N3O3/c1-12-9-13(2)11-14(10-12)16(22)21(18(3,4)5)20-17(23)19-15-7-6-8-24-15/h6-11H,1-5H3,(H2,19,20,23). The number of hydrazine groups is 1. The number of hydrogen-bond donors (Lipinski definition) is 2. The maximum atomic E-state index is 12.9. The van der Waals surface area contributed by atoms with Gasteiger partial charge in [0.1, 0.15) is 0 Å². The molecule has 0 saturated carbocycles. The maximum Gasteiger partial charge on any atom is 0.340 e. The number of furan rings is 1. The zero-order valence-corrected chi connectivity index (χ0v) is 14.6. The zero-order chi connectivity index (χ0) is 17.9. The van der Waals surface area contributed by atoms with E-state index in [2.05, 4.69) is 10.7 Å². The molecule has 2 rings (SSSR count). The monoisotopic (exact) mass is 329 g/mol. The average Bonchev–Trinajstić information content (AvgIpc) is 2.94. The summed E-state index contributed by atoms with van der Waals surface area (Å²) in [4.78, 5) is 25.1. The number of carbonyl (C=O) groups excluding carboxylic acids is 2. The minimum atomic E-state index is -0.602. The normalized spacial score (nSPS) is 11.0. The molecule has 3 amide bonds. The number of rotatable bonds is 2. The van der Waals surface area contributed by atoms with Gasteiger partial charge in [-0.3, -0.25) is 10.1 Å². The Hall–Kier alpha value is -2.76. The van der Waals surface area contributed by atoms with E-state index >= 15 is 0 Å². The van der Waals surface area contributed by atoms with Crippen molar-refractivity contribution >= 4 is 17.8 Å². The molecule has 1 heterocycles. The van der Waals surface area contributed by atoms with Crippen molar-refractivity contribution in [3.8, 4) is 0 Å². The van der Waals surface area contributed by atoms with Crippen molar-refractivity contribution in [2.45, 2.75) is 40.2 Å². The highest BCUT2D eigenvalue weighted by atomic mass is 16.3. The largest absolute Gasteiger partial charge is 0.449 e. The number of carbonyl (C=O) groups is 2. The fraction of sp³-hybridized carbons (Fsp3) is 0.333. The van der Waals surface area contributed by atoms with E-state index in [4.69, 9.17) is 4.42 Å². The molecule has 0 atom stereocenters. The van der Waals surface area contributed by atoms with Gasteiger partial charge in [-0.25, -0.2) is 15.2 Å². The van der Waals surface area contributed by atoms with Gasteiger partial charge in [-0.1, -0.05) is 17.2 Å². The lowest BCUT2D eigenvalue weighted by molar-refractivity contribution is 0.0460. The summed E-state index contributed by atoms with van der Waals surface area (Å²) in [5.41, 5.74) is 4.52. The third-order valence-corrected chi connectivity index (χ3v) is 3.31. The average molecular weight is 329 g/mol. The highest BCUT2D eigenvalue weighted by Gasteiger charge is 2.29. The predicted molar refractivity (Wildman–Crippen MR) is 92.7 cm³/mol. The van der Waals surface area contributed by atoms with Crippen LogP contribution in [0.5, 0.6) is 0 Å². The molecular weight excluding hydrogens is 306 g/mol. The molecule has 2 N–H and O–H groups in total. The molecule has 0 fully saturated rings. The number of amides is 3.